The Bertz CT molecular complexity index is 523. The molecule has 0 saturated carbocycles. The largest absolute Gasteiger partial charge is 0.321 e. The third kappa shape index (κ3) is 1.97. The second kappa shape index (κ2) is 3.84. The molecule has 0 aromatic carbocycles. The van der Waals surface area contributed by atoms with E-state index in [0.717, 1.165) is 0 Å². The molecule has 4 nitrogen and oxygen atoms in total. The minimum absolute atomic E-state index is 0.292. The summed E-state index contributed by atoms with van der Waals surface area (Å²) in [7, 11) is 1.67. The van der Waals surface area contributed by atoms with Gasteiger partial charge in [0.25, 0.3) is 5.95 Å². The average molecular weight is 228 g/mol. The number of aryl methyl sites for hydroxylation is 1. The number of pyridine rings is 1. The third-order valence-electron chi connectivity index (χ3n) is 1.85. The maximum Gasteiger partial charge on any atom is 0.251 e. The highest BCUT2D eigenvalue weighted by Crippen LogP contribution is 2.17. The van der Waals surface area contributed by atoms with Gasteiger partial charge in [-0.3, -0.25) is 4.68 Å². The summed E-state index contributed by atoms with van der Waals surface area (Å²) in [6.45, 7) is 0. The maximum atomic E-state index is 13.2. The molecule has 2 aromatic rings. The van der Waals surface area contributed by atoms with Crippen LogP contribution in [-0.2, 0) is 7.05 Å². The van der Waals surface area contributed by atoms with Crippen LogP contribution in [0.3, 0.4) is 0 Å². The van der Waals surface area contributed by atoms with Crippen molar-refractivity contribution in [2.45, 2.75) is 0 Å². The van der Waals surface area contributed by atoms with E-state index in [1.807, 2.05) is 0 Å². The van der Waals surface area contributed by atoms with Gasteiger partial charge in [0, 0.05) is 25.4 Å². The molecule has 2 heterocycles. The van der Waals surface area contributed by atoms with Crippen molar-refractivity contribution in [3.05, 3.63) is 35.9 Å². The average Bonchev–Trinajstić information content (AvgIpc) is 2.60. The zero-order valence-electron chi connectivity index (χ0n) is 8.21. The number of rotatable bonds is 2. The van der Waals surface area contributed by atoms with E-state index in [4.69, 9.17) is 0 Å². The fourth-order valence-corrected chi connectivity index (χ4v) is 1.13. The van der Waals surface area contributed by atoms with E-state index in [2.05, 4.69) is 15.4 Å². The van der Waals surface area contributed by atoms with E-state index in [9.17, 15) is 13.2 Å². The molecule has 0 aliphatic carbocycles. The van der Waals surface area contributed by atoms with Crippen LogP contribution in [0.1, 0.15) is 0 Å². The van der Waals surface area contributed by atoms with E-state index in [1.165, 1.54) is 4.68 Å². The van der Waals surface area contributed by atoms with Gasteiger partial charge in [0.2, 0.25) is 0 Å². The second-order valence-corrected chi connectivity index (χ2v) is 3.09. The monoisotopic (exact) mass is 228 g/mol. The number of hydrogen-bond donors (Lipinski definition) is 1. The van der Waals surface area contributed by atoms with Crippen molar-refractivity contribution in [1.82, 2.24) is 14.8 Å². The van der Waals surface area contributed by atoms with Gasteiger partial charge in [-0.05, 0) is 0 Å². The first-order chi connectivity index (χ1) is 7.56. The molecule has 0 aliphatic rings. The highest BCUT2D eigenvalue weighted by molar-refractivity contribution is 5.51. The van der Waals surface area contributed by atoms with Gasteiger partial charge in [-0.1, -0.05) is 0 Å². The number of hydrogen-bond acceptors (Lipinski definition) is 3. The highest BCUT2D eigenvalue weighted by atomic mass is 19.2. The molecule has 16 heavy (non-hydrogen) atoms. The molecule has 0 amide bonds. The second-order valence-electron chi connectivity index (χ2n) is 3.09. The molecular formula is C9H7F3N4. The van der Waals surface area contributed by atoms with Crippen molar-refractivity contribution >= 4 is 11.6 Å². The molecule has 84 valence electrons. The molecule has 7 heteroatoms. The highest BCUT2D eigenvalue weighted by Gasteiger charge is 2.12. The van der Waals surface area contributed by atoms with E-state index >= 15 is 0 Å². The normalized spacial score (nSPS) is 10.5. The Balaban J connectivity index is 2.31. The first-order valence-corrected chi connectivity index (χ1v) is 4.34. The molecular weight excluding hydrogens is 221 g/mol. The van der Waals surface area contributed by atoms with E-state index < -0.39 is 23.4 Å². The number of aromatic nitrogens is 3. The van der Waals surface area contributed by atoms with Crippen LogP contribution in [0.25, 0.3) is 0 Å². The van der Waals surface area contributed by atoms with Crippen molar-refractivity contribution in [1.29, 1.82) is 0 Å². The summed E-state index contributed by atoms with van der Waals surface area (Å²) in [6.07, 6.45) is 1.61. The molecule has 1 N–H and O–H groups in total. The molecule has 0 atom stereocenters. The Morgan fingerprint density at radius 3 is 2.62 bits per heavy atom. The standard InChI is InChI=1S/C9H7F3N4/c1-16-3-2-7(15-16)13-9-6(11)4-5(10)8(12)14-9/h2-4H,1H3,(H,13,14,15). The lowest BCUT2D eigenvalue weighted by Crippen LogP contribution is -2.02. The van der Waals surface area contributed by atoms with Gasteiger partial charge < -0.3 is 5.32 Å². The summed E-state index contributed by atoms with van der Waals surface area (Å²) < 4.78 is 40.0. The molecule has 0 bridgehead atoms. The van der Waals surface area contributed by atoms with Gasteiger partial charge >= 0.3 is 0 Å². The fraction of sp³-hybridized carbons (Fsp3) is 0.111. The first kappa shape index (κ1) is 10.5. The Morgan fingerprint density at radius 2 is 2.00 bits per heavy atom. The molecule has 0 unspecified atom stereocenters. The van der Waals surface area contributed by atoms with Crippen LogP contribution in [0.15, 0.2) is 18.3 Å². The molecule has 2 aromatic heterocycles. The van der Waals surface area contributed by atoms with Crippen LogP contribution in [-0.4, -0.2) is 14.8 Å². The van der Waals surface area contributed by atoms with Crippen LogP contribution in [0.5, 0.6) is 0 Å². The molecule has 0 aliphatic heterocycles. The lowest BCUT2D eigenvalue weighted by molar-refractivity contribution is 0.467. The fourth-order valence-electron chi connectivity index (χ4n) is 1.13. The number of nitrogens with one attached hydrogen (secondary N) is 1. The Hall–Kier alpha value is -2.05. The first-order valence-electron chi connectivity index (χ1n) is 4.34. The predicted molar refractivity (Wildman–Crippen MR) is 50.6 cm³/mol. The zero-order chi connectivity index (χ0) is 11.7. The topological polar surface area (TPSA) is 42.7 Å². The van der Waals surface area contributed by atoms with Gasteiger partial charge in [0.05, 0.1) is 0 Å². The van der Waals surface area contributed by atoms with E-state index in [-0.39, 0.29) is 0 Å². The summed E-state index contributed by atoms with van der Waals surface area (Å²) in [5.41, 5.74) is 0. The van der Waals surface area contributed by atoms with Crippen LogP contribution in [0.4, 0.5) is 24.8 Å². The summed E-state index contributed by atoms with van der Waals surface area (Å²) in [6, 6.07) is 1.97. The molecule has 0 fully saturated rings. The molecule has 0 saturated heterocycles. The SMILES string of the molecule is Cn1ccc(Nc2nc(F)c(F)cc2F)n1. The lowest BCUT2D eigenvalue weighted by Gasteiger charge is -2.03. The van der Waals surface area contributed by atoms with Gasteiger partial charge in [0.1, 0.15) is 0 Å². The number of anilines is 2. The van der Waals surface area contributed by atoms with Gasteiger partial charge in [-0.2, -0.15) is 14.5 Å². The Morgan fingerprint density at radius 1 is 1.25 bits per heavy atom. The minimum Gasteiger partial charge on any atom is -0.321 e. The van der Waals surface area contributed by atoms with E-state index in [1.54, 1.807) is 19.3 Å². The number of nitrogens with zero attached hydrogens (tertiary/aromatic N) is 3. The van der Waals surface area contributed by atoms with E-state index in [0.29, 0.717) is 11.9 Å². The van der Waals surface area contributed by atoms with Crippen LogP contribution < -0.4 is 5.32 Å². The predicted octanol–water partition coefficient (Wildman–Crippen LogP) is 1.98. The molecule has 0 spiro atoms. The summed E-state index contributed by atoms with van der Waals surface area (Å²) in [5.74, 6) is -3.79. The smallest absolute Gasteiger partial charge is 0.251 e. The van der Waals surface area contributed by atoms with Crippen LogP contribution >= 0.6 is 0 Å². The summed E-state index contributed by atoms with van der Waals surface area (Å²) in [4.78, 5) is 3.10. The third-order valence-corrected chi connectivity index (χ3v) is 1.85. The van der Waals surface area contributed by atoms with Gasteiger partial charge in [0.15, 0.2) is 23.3 Å². The Labute approximate surface area is 88.7 Å². The van der Waals surface area contributed by atoms with Gasteiger partial charge in [-0.15, -0.1) is 0 Å². The zero-order valence-corrected chi connectivity index (χ0v) is 8.21. The summed E-state index contributed by atoms with van der Waals surface area (Å²) in [5, 5.41) is 6.32. The molecule has 2 rings (SSSR count). The molecule has 0 radical (unpaired) electrons. The van der Waals surface area contributed by atoms with Crippen LogP contribution in [0, 0.1) is 17.6 Å². The quantitative estimate of drug-likeness (QED) is 0.799. The minimum atomic E-state index is -1.36. The maximum absolute atomic E-state index is 13.2. The number of halogens is 3. The summed E-state index contributed by atoms with van der Waals surface area (Å²) >= 11 is 0. The lowest BCUT2D eigenvalue weighted by atomic mass is 10.4. The van der Waals surface area contributed by atoms with Crippen molar-refractivity contribution in [2.24, 2.45) is 7.05 Å². The van der Waals surface area contributed by atoms with Gasteiger partial charge in [-0.25, -0.2) is 8.78 Å². The van der Waals surface area contributed by atoms with Crippen molar-refractivity contribution in [3.63, 3.8) is 0 Å². The van der Waals surface area contributed by atoms with Crippen LogP contribution in [0.2, 0.25) is 0 Å². The van der Waals surface area contributed by atoms with Crippen molar-refractivity contribution in [3.8, 4) is 0 Å². The van der Waals surface area contributed by atoms with Crippen molar-refractivity contribution in [2.75, 3.05) is 5.32 Å². The Kier molecular flexibility index (Phi) is 2.51. The van der Waals surface area contributed by atoms with Crippen molar-refractivity contribution < 1.29 is 13.2 Å².